The second-order valence-corrected chi connectivity index (χ2v) is 7.27. The van der Waals surface area contributed by atoms with Gasteiger partial charge in [-0.05, 0) is 62.1 Å². The first-order valence-corrected chi connectivity index (χ1v) is 10.6. The zero-order valence-corrected chi connectivity index (χ0v) is 17.8. The molecule has 1 N–H and O–H groups in total. The van der Waals surface area contributed by atoms with Crippen molar-refractivity contribution in [2.75, 3.05) is 26.3 Å². The van der Waals surface area contributed by atoms with Crippen LogP contribution in [-0.2, 0) is 17.8 Å². The number of amides is 2. The van der Waals surface area contributed by atoms with E-state index in [0.717, 1.165) is 35.6 Å². The van der Waals surface area contributed by atoms with Crippen LogP contribution in [0.2, 0.25) is 0 Å². The molecule has 0 bridgehead atoms. The maximum atomic E-state index is 12.4. The molecule has 3 rings (SSSR count). The van der Waals surface area contributed by atoms with Gasteiger partial charge in [0.15, 0.2) is 11.5 Å². The van der Waals surface area contributed by atoms with Crippen LogP contribution in [0, 0.1) is 0 Å². The van der Waals surface area contributed by atoms with Gasteiger partial charge in [0.1, 0.15) is 0 Å². The first kappa shape index (κ1) is 21.7. The van der Waals surface area contributed by atoms with Crippen LogP contribution < -0.4 is 14.8 Å². The average molecular weight is 411 g/mol. The Balaban J connectivity index is 1.50. The average Bonchev–Trinajstić information content (AvgIpc) is 3.15. The minimum absolute atomic E-state index is 0.102. The quantitative estimate of drug-likeness (QED) is 0.650. The van der Waals surface area contributed by atoms with E-state index in [1.54, 1.807) is 0 Å². The minimum atomic E-state index is -0.102. The van der Waals surface area contributed by atoms with Crippen LogP contribution in [0.5, 0.6) is 11.5 Å². The first-order valence-electron chi connectivity index (χ1n) is 10.6. The molecule has 0 saturated carbocycles. The Labute approximate surface area is 178 Å². The maximum Gasteiger partial charge on any atom is 0.251 e. The molecule has 1 saturated heterocycles. The molecule has 0 aromatic heterocycles. The van der Waals surface area contributed by atoms with Crippen LogP contribution in [0.1, 0.15) is 48.2 Å². The zero-order valence-electron chi connectivity index (χ0n) is 17.8. The van der Waals surface area contributed by atoms with Crippen molar-refractivity contribution >= 4 is 11.8 Å². The summed E-state index contributed by atoms with van der Waals surface area (Å²) in [6.07, 6.45) is 2.27. The lowest BCUT2D eigenvalue weighted by Gasteiger charge is -2.15. The van der Waals surface area contributed by atoms with E-state index < -0.39 is 0 Å². The third-order valence-electron chi connectivity index (χ3n) is 5.07. The van der Waals surface area contributed by atoms with Crippen molar-refractivity contribution in [3.63, 3.8) is 0 Å². The highest BCUT2D eigenvalue weighted by molar-refractivity contribution is 5.94. The predicted molar refractivity (Wildman–Crippen MR) is 116 cm³/mol. The van der Waals surface area contributed by atoms with E-state index >= 15 is 0 Å². The summed E-state index contributed by atoms with van der Waals surface area (Å²) in [4.78, 5) is 26.0. The topological polar surface area (TPSA) is 67.9 Å². The fourth-order valence-electron chi connectivity index (χ4n) is 3.53. The number of hydrogen-bond acceptors (Lipinski definition) is 4. The Hall–Kier alpha value is -3.02. The number of benzene rings is 2. The largest absolute Gasteiger partial charge is 0.490 e. The molecule has 0 radical (unpaired) electrons. The minimum Gasteiger partial charge on any atom is -0.490 e. The van der Waals surface area contributed by atoms with E-state index in [-0.39, 0.29) is 11.8 Å². The van der Waals surface area contributed by atoms with Gasteiger partial charge >= 0.3 is 0 Å². The summed E-state index contributed by atoms with van der Waals surface area (Å²) in [7, 11) is 0. The van der Waals surface area contributed by atoms with E-state index in [9.17, 15) is 9.59 Å². The van der Waals surface area contributed by atoms with Gasteiger partial charge in [0.25, 0.3) is 5.91 Å². The summed E-state index contributed by atoms with van der Waals surface area (Å²) in [6.45, 7) is 7.00. The van der Waals surface area contributed by atoms with Gasteiger partial charge in [-0.3, -0.25) is 9.59 Å². The summed E-state index contributed by atoms with van der Waals surface area (Å²) >= 11 is 0. The van der Waals surface area contributed by atoms with Crippen LogP contribution in [0.15, 0.2) is 42.5 Å². The van der Waals surface area contributed by atoms with E-state index in [4.69, 9.17) is 9.47 Å². The summed E-state index contributed by atoms with van der Waals surface area (Å²) in [5.74, 6) is 1.58. The number of rotatable bonds is 10. The van der Waals surface area contributed by atoms with Crippen molar-refractivity contribution in [3.8, 4) is 11.5 Å². The molecule has 0 aliphatic carbocycles. The van der Waals surface area contributed by atoms with Crippen LogP contribution in [0.4, 0.5) is 0 Å². The van der Waals surface area contributed by atoms with Gasteiger partial charge in [0.05, 0.1) is 13.2 Å². The molecule has 1 heterocycles. The van der Waals surface area contributed by atoms with Crippen molar-refractivity contribution in [3.05, 3.63) is 59.2 Å². The molecule has 2 amide bonds. The number of nitrogens with zero attached hydrogens (tertiary/aromatic N) is 1. The first-order chi connectivity index (χ1) is 14.6. The van der Waals surface area contributed by atoms with Crippen LogP contribution in [0.25, 0.3) is 0 Å². The summed E-state index contributed by atoms with van der Waals surface area (Å²) < 4.78 is 11.2. The van der Waals surface area contributed by atoms with Crippen LogP contribution in [0.3, 0.4) is 0 Å². The second-order valence-electron chi connectivity index (χ2n) is 7.27. The lowest BCUT2D eigenvalue weighted by molar-refractivity contribution is -0.128. The molecule has 0 unspecified atom stereocenters. The highest BCUT2D eigenvalue weighted by Crippen LogP contribution is 2.28. The fourth-order valence-corrected chi connectivity index (χ4v) is 3.53. The molecule has 6 heteroatoms. The monoisotopic (exact) mass is 410 g/mol. The summed E-state index contributed by atoms with van der Waals surface area (Å²) in [6, 6.07) is 13.3. The molecule has 2 aromatic carbocycles. The Kier molecular flexibility index (Phi) is 7.71. The molecule has 1 aliphatic rings. The van der Waals surface area contributed by atoms with Gasteiger partial charge in [-0.1, -0.05) is 18.2 Å². The van der Waals surface area contributed by atoms with Crippen LogP contribution >= 0.6 is 0 Å². The lowest BCUT2D eigenvalue weighted by atomic mass is 10.1. The number of likely N-dealkylation sites (tertiary alicyclic amines) is 1. The van der Waals surface area contributed by atoms with Crippen molar-refractivity contribution in [1.29, 1.82) is 0 Å². The van der Waals surface area contributed by atoms with Crippen molar-refractivity contribution in [2.45, 2.75) is 39.7 Å². The smallest absolute Gasteiger partial charge is 0.251 e. The molecule has 2 aromatic rings. The number of ether oxygens (including phenoxy) is 2. The molecule has 1 fully saturated rings. The maximum absolute atomic E-state index is 12.4. The van der Waals surface area contributed by atoms with Crippen LogP contribution in [-0.4, -0.2) is 43.0 Å². The molecule has 0 atom stereocenters. The fraction of sp³-hybridized carbons (Fsp3) is 0.417. The Bertz CT molecular complexity index is 864. The Morgan fingerprint density at radius 3 is 2.37 bits per heavy atom. The molecular weight excluding hydrogens is 380 g/mol. The highest BCUT2D eigenvalue weighted by Gasteiger charge is 2.20. The van der Waals surface area contributed by atoms with Gasteiger partial charge < -0.3 is 19.7 Å². The predicted octanol–water partition coefficient (Wildman–Crippen LogP) is 3.58. The lowest BCUT2D eigenvalue weighted by Crippen LogP contribution is -2.26. The summed E-state index contributed by atoms with van der Waals surface area (Å²) in [5.41, 5.74) is 2.74. The SMILES string of the molecule is CCOc1ccc(CCNC(=O)c2ccc(CN3CCCC3=O)cc2)cc1OCC. The third kappa shape index (κ3) is 5.75. The van der Waals surface area contributed by atoms with Crippen molar-refractivity contribution < 1.29 is 19.1 Å². The number of carbonyl (C=O) groups is 2. The Morgan fingerprint density at radius 2 is 1.70 bits per heavy atom. The Morgan fingerprint density at radius 1 is 1.00 bits per heavy atom. The highest BCUT2D eigenvalue weighted by atomic mass is 16.5. The molecule has 160 valence electrons. The third-order valence-corrected chi connectivity index (χ3v) is 5.07. The molecular formula is C24H30N2O4. The van der Waals surface area contributed by atoms with E-state index in [1.807, 2.05) is 61.2 Å². The van der Waals surface area contributed by atoms with E-state index in [2.05, 4.69) is 5.32 Å². The standard InChI is InChI=1S/C24H30N2O4/c1-3-29-21-12-9-18(16-22(21)30-4-2)13-14-25-24(28)20-10-7-19(8-11-20)17-26-15-5-6-23(26)27/h7-12,16H,3-6,13-15,17H2,1-2H3,(H,25,28). The van der Waals surface area contributed by atoms with Crippen molar-refractivity contribution in [1.82, 2.24) is 10.2 Å². The zero-order chi connectivity index (χ0) is 21.3. The molecule has 1 aliphatic heterocycles. The van der Waals surface area contributed by atoms with Gasteiger partial charge in [0.2, 0.25) is 5.91 Å². The molecule has 6 nitrogen and oxygen atoms in total. The normalized spacial score (nSPS) is 13.4. The number of carbonyl (C=O) groups excluding carboxylic acids is 2. The van der Waals surface area contributed by atoms with Gasteiger partial charge in [0, 0.05) is 31.6 Å². The second kappa shape index (κ2) is 10.7. The molecule has 0 spiro atoms. The number of hydrogen-bond donors (Lipinski definition) is 1. The van der Waals surface area contributed by atoms with Gasteiger partial charge in [-0.25, -0.2) is 0 Å². The molecule has 30 heavy (non-hydrogen) atoms. The number of nitrogens with one attached hydrogen (secondary N) is 1. The van der Waals surface area contributed by atoms with E-state index in [1.165, 1.54) is 0 Å². The van der Waals surface area contributed by atoms with Crippen molar-refractivity contribution in [2.24, 2.45) is 0 Å². The van der Waals surface area contributed by atoms with E-state index in [0.29, 0.717) is 44.7 Å². The van der Waals surface area contributed by atoms with Gasteiger partial charge in [-0.15, -0.1) is 0 Å². The summed E-state index contributed by atoms with van der Waals surface area (Å²) in [5, 5.41) is 2.96. The van der Waals surface area contributed by atoms with Gasteiger partial charge in [-0.2, -0.15) is 0 Å².